The van der Waals surface area contributed by atoms with Crippen LogP contribution in [0, 0.1) is 0 Å². The van der Waals surface area contributed by atoms with Crippen molar-refractivity contribution >= 4 is 25.2 Å². The van der Waals surface area contributed by atoms with E-state index in [4.69, 9.17) is 23.4 Å². The van der Waals surface area contributed by atoms with E-state index in [0.29, 0.717) is 51.9 Å². The van der Waals surface area contributed by atoms with Gasteiger partial charge in [-0.25, -0.2) is 4.79 Å². The zero-order valence-corrected chi connectivity index (χ0v) is 25.5. The molecule has 0 amide bonds. The van der Waals surface area contributed by atoms with Crippen LogP contribution in [0.25, 0.3) is 10.9 Å². The van der Waals surface area contributed by atoms with Crippen LogP contribution < -0.4 is 18.6 Å². The Hall–Kier alpha value is -3.13. The van der Waals surface area contributed by atoms with Gasteiger partial charge in [0.15, 0.2) is 5.88 Å². The zero-order valence-electron chi connectivity index (χ0n) is 24.5. The third kappa shape index (κ3) is 5.37. The number of carbonyl (C=O) groups is 1. The SMILES string of the molecule is CCOC(=O)c1c(O[Si](C(C)C)(C(C)C)C(C)C)n(Cc2ccc(OC)cc2OC)c2ccc(OC)cc12. The van der Waals surface area contributed by atoms with Crippen molar-refractivity contribution in [1.29, 1.82) is 0 Å². The van der Waals surface area contributed by atoms with Crippen molar-refractivity contribution in [2.24, 2.45) is 0 Å². The number of hydrogen-bond acceptors (Lipinski definition) is 6. The predicted octanol–water partition coefficient (Wildman–Crippen LogP) is 7.45. The quantitative estimate of drug-likeness (QED) is 0.175. The maximum Gasteiger partial charge on any atom is 0.344 e. The Morgan fingerprint density at radius 1 is 0.842 bits per heavy atom. The molecular formula is C30H43NO6Si. The summed E-state index contributed by atoms with van der Waals surface area (Å²) in [5.74, 6) is 2.22. The van der Waals surface area contributed by atoms with Gasteiger partial charge in [-0.3, -0.25) is 0 Å². The zero-order chi connectivity index (χ0) is 28.2. The van der Waals surface area contributed by atoms with Crippen molar-refractivity contribution in [2.45, 2.75) is 71.6 Å². The van der Waals surface area contributed by atoms with Crippen molar-refractivity contribution in [3.63, 3.8) is 0 Å². The van der Waals surface area contributed by atoms with E-state index >= 15 is 0 Å². The Kier molecular flexibility index (Phi) is 9.41. The third-order valence-corrected chi connectivity index (χ3v) is 13.5. The van der Waals surface area contributed by atoms with Gasteiger partial charge in [0.05, 0.1) is 40.0 Å². The number of benzene rings is 2. The normalized spacial score (nSPS) is 11.9. The van der Waals surface area contributed by atoms with E-state index in [9.17, 15) is 4.79 Å². The molecule has 0 aliphatic rings. The number of methoxy groups -OCH3 is 3. The molecule has 2 aromatic carbocycles. The molecule has 0 saturated carbocycles. The minimum atomic E-state index is -2.45. The Balaban J connectivity index is 2.39. The summed E-state index contributed by atoms with van der Waals surface area (Å²) in [4.78, 5) is 13.6. The van der Waals surface area contributed by atoms with Crippen LogP contribution >= 0.6 is 0 Å². The van der Waals surface area contributed by atoms with E-state index < -0.39 is 14.3 Å². The molecule has 1 heterocycles. The number of esters is 1. The molecule has 0 bridgehead atoms. The fourth-order valence-electron chi connectivity index (χ4n) is 5.77. The molecule has 0 aliphatic carbocycles. The number of carbonyl (C=O) groups excluding carboxylic acids is 1. The first kappa shape index (κ1) is 29.4. The molecule has 38 heavy (non-hydrogen) atoms. The van der Waals surface area contributed by atoms with Crippen LogP contribution in [-0.4, -0.2) is 46.8 Å². The molecule has 0 saturated heterocycles. The molecule has 0 spiro atoms. The van der Waals surface area contributed by atoms with E-state index in [1.54, 1.807) is 21.3 Å². The summed E-state index contributed by atoms with van der Waals surface area (Å²) in [6.07, 6.45) is 0. The lowest BCUT2D eigenvalue weighted by molar-refractivity contribution is 0.0525. The maximum absolute atomic E-state index is 13.6. The summed E-state index contributed by atoms with van der Waals surface area (Å²) in [6.45, 7) is 15.9. The van der Waals surface area contributed by atoms with Crippen LogP contribution in [0.3, 0.4) is 0 Å². The molecule has 7 nitrogen and oxygen atoms in total. The number of aromatic nitrogens is 1. The van der Waals surface area contributed by atoms with Crippen molar-refractivity contribution in [2.75, 3.05) is 27.9 Å². The molecule has 3 aromatic rings. The summed E-state index contributed by atoms with van der Waals surface area (Å²) in [6, 6.07) is 11.5. The second kappa shape index (κ2) is 12.2. The monoisotopic (exact) mass is 541 g/mol. The van der Waals surface area contributed by atoms with Gasteiger partial charge in [-0.15, -0.1) is 0 Å². The van der Waals surface area contributed by atoms with Crippen molar-refractivity contribution < 1.29 is 28.2 Å². The standard InChI is InChI=1S/C30H43NO6Si/c1-11-36-30(32)28-25-16-23(33-8)14-15-26(25)31(18-22-12-13-24(34-9)17-27(22)35-10)29(28)37-38(19(2)3,20(4)5)21(6)7/h12-17,19-21H,11,18H2,1-10H3. The Bertz CT molecular complexity index is 1240. The van der Waals surface area contributed by atoms with Crippen molar-refractivity contribution in [3.8, 4) is 23.1 Å². The van der Waals surface area contributed by atoms with Gasteiger partial charge in [0.25, 0.3) is 8.32 Å². The van der Waals surface area contributed by atoms with Gasteiger partial charge >= 0.3 is 5.97 Å². The fraction of sp³-hybridized carbons (Fsp3) is 0.500. The van der Waals surface area contributed by atoms with E-state index in [1.807, 2.05) is 43.3 Å². The number of hydrogen-bond donors (Lipinski definition) is 0. The van der Waals surface area contributed by atoms with Gasteiger partial charge in [0.2, 0.25) is 0 Å². The van der Waals surface area contributed by atoms with Gasteiger partial charge in [-0.1, -0.05) is 41.5 Å². The number of ether oxygens (including phenoxy) is 4. The number of rotatable bonds is 12. The first-order valence-corrected chi connectivity index (χ1v) is 15.5. The smallest absolute Gasteiger partial charge is 0.344 e. The average molecular weight is 542 g/mol. The van der Waals surface area contributed by atoms with E-state index in [0.717, 1.165) is 16.5 Å². The Morgan fingerprint density at radius 3 is 1.95 bits per heavy atom. The van der Waals surface area contributed by atoms with Gasteiger partial charge in [0, 0.05) is 17.0 Å². The maximum atomic E-state index is 13.6. The minimum Gasteiger partial charge on any atom is -0.530 e. The van der Waals surface area contributed by atoms with Crippen LogP contribution in [0.5, 0.6) is 23.1 Å². The first-order valence-electron chi connectivity index (χ1n) is 13.3. The van der Waals surface area contributed by atoms with Crippen LogP contribution in [0.15, 0.2) is 36.4 Å². The third-order valence-electron chi connectivity index (χ3n) is 7.51. The number of fused-ring (bicyclic) bond motifs is 1. The predicted molar refractivity (Wildman–Crippen MR) is 155 cm³/mol. The van der Waals surface area contributed by atoms with Crippen LogP contribution in [-0.2, 0) is 11.3 Å². The lowest BCUT2D eigenvalue weighted by Gasteiger charge is -2.42. The van der Waals surface area contributed by atoms with Gasteiger partial charge < -0.3 is 27.9 Å². The molecule has 3 rings (SSSR count). The topological polar surface area (TPSA) is 68.2 Å². The minimum absolute atomic E-state index is 0.266. The summed E-state index contributed by atoms with van der Waals surface area (Å²) in [5.41, 5.74) is 3.18. The summed E-state index contributed by atoms with van der Waals surface area (Å²) in [7, 11) is 2.45. The second-order valence-electron chi connectivity index (χ2n) is 10.5. The van der Waals surface area contributed by atoms with Crippen LogP contribution in [0.4, 0.5) is 0 Å². The van der Waals surface area contributed by atoms with Gasteiger partial charge in [-0.2, -0.15) is 0 Å². The molecule has 0 fully saturated rings. The Labute approximate surface area is 228 Å². The summed E-state index contributed by atoms with van der Waals surface area (Å²) in [5, 5.41) is 0.740. The second-order valence-corrected chi connectivity index (χ2v) is 15.8. The molecule has 1 aromatic heterocycles. The van der Waals surface area contributed by atoms with Crippen molar-refractivity contribution in [3.05, 3.63) is 47.5 Å². The van der Waals surface area contributed by atoms with Gasteiger partial charge in [0.1, 0.15) is 22.8 Å². The highest BCUT2D eigenvalue weighted by Crippen LogP contribution is 2.46. The summed E-state index contributed by atoms with van der Waals surface area (Å²) < 4.78 is 31.6. The van der Waals surface area contributed by atoms with E-state index in [-0.39, 0.29) is 6.61 Å². The van der Waals surface area contributed by atoms with Crippen LogP contribution in [0.1, 0.15) is 64.4 Å². The average Bonchev–Trinajstić information content (AvgIpc) is 3.18. The van der Waals surface area contributed by atoms with E-state index in [1.165, 1.54) is 0 Å². The van der Waals surface area contributed by atoms with Crippen molar-refractivity contribution in [1.82, 2.24) is 4.57 Å². The number of nitrogens with zero attached hydrogens (tertiary/aromatic N) is 1. The molecule has 0 unspecified atom stereocenters. The molecule has 8 heteroatoms. The highest BCUT2D eigenvalue weighted by Gasteiger charge is 2.48. The largest absolute Gasteiger partial charge is 0.530 e. The van der Waals surface area contributed by atoms with Gasteiger partial charge in [-0.05, 0) is 53.9 Å². The highest BCUT2D eigenvalue weighted by atomic mass is 28.4. The summed E-state index contributed by atoms with van der Waals surface area (Å²) >= 11 is 0. The molecule has 0 aliphatic heterocycles. The van der Waals surface area contributed by atoms with Crippen LogP contribution in [0.2, 0.25) is 16.6 Å². The fourth-order valence-corrected chi connectivity index (χ4v) is 11.0. The molecule has 0 radical (unpaired) electrons. The first-order chi connectivity index (χ1) is 18.0. The molecule has 0 atom stereocenters. The van der Waals surface area contributed by atoms with E-state index in [2.05, 4.69) is 46.1 Å². The molecule has 0 N–H and O–H groups in total. The lowest BCUT2D eigenvalue weighted by atomic mass is 10.1. The molecule has 208 valence electrons. The highest BCUT2D eigenvalue weighted by molar-refractivity contribution is 6.78. The Morgan fingerprint density at radius 2 is 1.42 bits per heavy atom. The lowest BCUT2D eigenvalue weighted by Crippen LogP contribution is -2.51. The molecular weight excluding hydrogens is 498 g/mol.